The molecular weight excluding hydrogens is 483 g/mol. The van der Waals surface area contributed by atoms with Gasteiger partial charge in [-0.05, 0) is 47.0 Å². The molecule has 0 saturated heterocycles. The first-order valence-corrected chi connectivity index (χ1v) is 9.08. The van der Waals surface area contributed by atoms with Gasteiger partial charge in [-0.15, -0.1) is 12.4 Å². The van der Waals surface area contributed by atoms with Crippen LogP contribution in [0.4, 0.5) is 4.79 Å². The average Bonchev–Trinajstić information content (AvgIpc) is 2.58. The summed E-state index contributed by atoms with van der Waals surface area (Å²) in [6.07, 6.45) is 0. The summed E-state index contributed by atoms with van der Waals surface area (Å²) in [4.78, 5) is 8.98. The smallest absolute Gasteiger partial charge is 0.262 e. The van der Waals surface area contributed by atoms with Crippen molar-refractivity contribution in [1.82, 2.24) is 0 Å². The number of carbonyl (C=O) groups excluding carboxylic acids is 1. The summed E-state index contributed by atoms with van der Waals surface area (Å²) in [5.74, 6) is 0. The third kappa shape index (κ3) is 8.45. The van der Waals surface area contributed by atoms with Crippen molar-refractivity contribution in [2.45, 2.75) is 0 Å². The van der Waals surface area contributed by atoms with Crippen LogP contribution >= 0.6 is 43.5 Å². The number of hydrogen-bond donors (Lipinski definition) is 0. The molecule has 0 aliphatic heterocycles. The third-order valence-corrected chi connectivity index (χ3v) is 5.49. The molecule has 0 N–H and O–H groups in total. The van der Waals surface area contributed by atoms with Crippen molar-refractivity contribution >= 4 is 64.1 Å². The normalized spacial score (nSPS) is 9.08. The van der Waals surface area contributed by atoms with Gasteiger partial charge in [0.2, 0.25) is 0 Å². The van der Waals surface area contributed by atoms with Gasteiger partial charge in [0, 0.05) is 19.5 Å². The van der Waals surface area contributed by atoms with E-state index in [0.717, 1.165) is 0 Å². The largest absolute Gasteiger partial charge is 0.313 e. The Labute approximate surface area is 178 Å². The van der Waals surface area contributed by atoms with E-state index < -0.39 is 12.6 Å². The molecule has 1 nitrogen and oxygen atoms in total. The Morgan fingerprint density at radius 3 is 1.00 bits per heavy atom. The van der Waals surface area contributed by atoms with Crippen LogP contribution in [-0.2, 0) is 19.5 Å². The SMILES string of the molecule is Cl.O=C(Cl)Cl.[Ru].c1ccc(P(c2ccccc2)c2ccccc2)cc1. The van der Waals surface area contributed by atoms with Crippen molar-refractivity contribution in [2.75, 3.05) is 0 Å². The van der Waals surface area contributed by atoms with Crippen molar-refractivity contribution in [2.24, 2.45) is 0 Å². The van der Waals surface area contributed by atoms with Crippen LogP contribution in [0, 0.1) is 0 Å². The topological polar surface area (TPSA) is 17.1 Å². The Hall–Kier alpha value is -0.747. The summed E-state index contributed by atoms with van der Waals surface area (Å²) in [7, 11) is -0.446. The maximum absolute atomic E-state index is 8.98. The monoisotopic (exact) mass is 498 g/mol. The van der Waals surface area contributed by atoms with Gasteiger partial charge in [-0.25, -0.2) is 0 Å². The quantitative estimate of drug-likeness (QED) is 0.267. The molecule has 0 bridgehead atoms. The first-order chi connectivity index (χ1) is 11.2. The van der Waals surface area contributed by atoms with E-state index in [2.05, 4.69) is 114 Å². The van der Waals surface area contributed by atoms with Crippen molar-refractivity contribution in [3.63, 3.8) is 0 Å². The van der Waals surface area contributed by atoms with E-state index in [9.17, 15) is 0 Å². The van der Waals surface area contributed by atoms with Crippen LogP contribution in [0.15, 0.2) is 91.0 Å². The molecule has 6 heteroatoms. The molecule has 0 unspecified atom stereocenters. The number of carbonyl (C=O) groups is 1. The van der Waals surface area contributed by atoms with E-state index in [1.165, 1.54) is 15.9 Å². The first kappa shape index (κ1) is 24.3. The molecule has 0 spiro atoms. The first-order valence-electron chi connectivity index (χ1n) is 6.98. The van der Waals surface area contributed by atoms with E-state index in [-0.39, 0.29) is 31.9 Å². The fourth-order valence-electron chi connectivity index (χ4n) is 2.18. The fourth-order valence-corrected chi connectivity index (χ4v) is 4.48. The van der Waals surface area contributed by atoms with Gasteiger partial charge in [-0.3, -0.25) is 4.79 Å². The number of hydrogen-bond acceptors (Lipinski definition) is 1. The molecule has 0 aliphatic rings. The zero-order chi connectivity index (χ0) is 16.5. The molecule has 3 aromatic carbocycles. The van der Waals surface area contributed by atoms with Crippen LogP contribution in [0.25, 0.3) is 0 Å². The second-order valence-corrected chi connectivity index (χ2v) is 7.67. The second-order valence-electron chi connectivity index (χ2n) is 4.57. The van der Waals surface area contributed by atoms with Crippen LogP contribution in [0.1, 0.15) is 0 Å². The van der Waals surface area contributed by atoms with Crippen molar-refractivity contribution < 1.29 is 24.3 Å². The fraction of sp³-hybridized carbons (Fsp3) is 0. The molecule has 0 aromatic heterocycles. The summed E-state index contributed by atoms with van der Waals surface area (Å²) in [5, 5.41) is 4.19. The van der Waals surface area contributed by atoms with Crippen LogP contribution in [0.2, 0.25) is 0 Å². The average molecular weight is 499 g/mol. The van der Waals surface area contributed by atoms with Gasteiger partial charge in [0.05, 0.1) is 0 Å². The maximum atomic E-state index is 8.98. The molecule has 0 saturated carbocycles. The van der Waals surface area contributed by atoms with Crippen molar-refractivity contribution in [1.29, 1.82) is 0 Å². The zero-order valence-corrected chi connectivity index (χ0v) is 18.0. The molecule has 3 aromatic rings. The van der Waals surface area contributed by atoms with E-state index in [1.54, 1.807) is 0 Å². The molecule has 0 radical (unpaired) electrons. The Kier molecular flexibility index (Phi) is 13.1. The van der Waals surface area contributed by atoms with Crippen LogP contribution < -0.4 is 15.9 Å². The predicted molar refractivity (Wildman–Crippen MR) is 109 cm³/mol. The minimum atomic E-state index is -0.889. The summed E-state index contributed by atoms with van der Waals surface area (Å²) in [6.45, 7) is 0. The van der Waals surface area contributed by atoms with Crippen LogP contribution in [0.3, 0.4) is 0 Å². The molecule has 3 rings (SSSR count). The van der Waals surface area contributed by atoms with E-state index >= 15 is 0 Å². The van der Waals surface area contributed by atoms with Gasteiger partial charge in [0.1, 0.15) is 0 Å². The third-order valence-electron chi connectivity index (χ3n) is 3.04. The maximum Gasteiger partial charge on any atom is 0.313 e. The van der Waals surface area contributed by atoms with Gasteiger partial charge in [-0.1, -0.05) is 91.0 Å². The molecule has 0 fully saturated rings. The Bertz CT molecular complexity index is 630. The second kappa shape index (κ2) is 13.5. The van der Waals surface area contributed by atoms with E-state index in [4.69, 9.17) is 4.79 Å². The molecule has 25 heavy (non-hydrogen) atoms. The molecular formula is C19H16Cl3OPRu. The molecule has 0 heterocycles. The number of halogens is 3. The van der Waals surface area contributed by atoms with E-state index in [0.29, 0.717) is 0 Å². The zero-order valence-electron chi connectivity index (χ0n) is 13.0. The van der Waals surface area contributed by atoms with Crippen LogP contribution in [0.5, 0.6) is 0 Å². The molecule has 0 aliphatic carbocycles. The Morgan fingerprint density at radius 2 is 0.800 bits per heavy atom. The summed E-state index contributed by atoms with van der Waals surface area (Å²) >= 11 is 8.80. The van der Waals surface area contributed by atoms with Gasteiger partial charge in [0.25, 0.3) is 0 Å². The number of benzene rings is 3. The van der Waals surface area contributed by atoms with Gasteiger partial charge in [-0.2, -0.15) is 0 Å². The Morgan fingerprint density at radius 1 is 0.600 bits per heavy atom. The molecule has 0 amide bonds. The minimum Gasteiger partial charge on any atom is -0.262 e. The van der Waals surface area contributed by atoms with Crippen LogP contribution in [-0.4, -0.2) is 4.70 Å². The molecule has 0 atom stereocenters. The van der Waals surface area contributed by atoms with Gasteiger partial charge < -0.3 is 0 Å². The van der Waals surface area contributed by atoms with Gasteiger partial charge >= 0.3 is 4.70 Å². The number of rotatable bonds is 3. The van der Waals surface area contributed by atoms with E-state index in [1.807, 2.05) is 0 Å². The van der Waals surface area contributed by atoms with Crippen molar-refractivity contribution in [3.8, 4) is 0 Å². The minimum absolute atomic E-state index is 0. The Balaban J connectivity index is 0.000000874. The summed E-state index contributed by atoms with van der Waals surface area (Å²) < 4.78 is -0.889. The summed E-state index contributed by atoms with van der Waals surface area (Å²) in [6, 6.07) is 32.3. The van der Waals surface area contributed by atoms with Gasteiger partial charge in [0.15, 0.2) is 0 Å². The molecule has 132 valence electrons. The standard InChI is InChI=1S/C18H15P.CCl2O.ClH.Ru/c1-4-10-16(11-5-1)19(17-12-6-2-7-13-17)18-14-8-3-9-15-18;2-1(3)4;;/h1-15H;;1H;. The summed E-state index contributed by atoms with van der Waals surface area (Å²) in [5.41, 5.74) is 0. The predicted octanol–water partition coefficient (Wildman–Crippen LogP) is 5.45. The van der Waals surface area contributed by atoms with Crippen molar-refractivity contribution in [3.05, 3.63) is 91.0 Å².